The Morgan fingerprint density at radius 2 is 1.58 bits per heavy atom. The Bertz CT molecular complexity index is 1050. The molecule has 0 unspecified atom stereocenters. The summed E-state index contributed by atoms with van der Waals surface area (Å²) in [5.41, 5.74) is 1.73. The number of rotatable bonds is 6. The van der Waals surface area contributed by atoms with Gasteiger partial charge in [0.05, 0.1) is 6.61 Å². The molecular weight excluding hydrogens is 404 g/mol. The normalized spacial score (nSPS) is 19.0. The van der Waals surface area contributed by atoms with Gasteiger partial charge in [-0.1, -0.05) is 31.5 Å². The Hall–Kier alpha value is -2.56. The Kier molecular flexibility index (Phi) is 6.49. The predicted octanol–water partition coefficient (Wildman–Crippen LogP) is 7.70. The van der Waals surface area contributed by atoms with Crippen molar-refractivity contribution in [2.45, 2.75) is 51.4 Å². The molecule has 164 valence electrons. The molecule has 0 heterocycles. The highest BCUT2D eigenvalue weighted by atomic mass is 19.1. The fourth-order valence-corrected chi connectivity index (χ4v) is 4.61. The summed E-state index contributed by atoms with van der Waals surface area (Å²) in [7, 11) is 0. The molecule has 1 aliphatic rings. The van der Waals surface area contributed by atoms with E-state index in [-0.39, 0.29) is 24.2 Å². The molecule has 1 fully saturated rings. The summed E-state index contributed by atoms with van der Waals surface area (Å²) in [5.74, 6) is -2.58. The van der Waals surface area contributed by atoms with Crippen LogP contribution in [0.2, 0.25) is 0 Å². The molecule has 0 spiro atoms. The van der Waals surface area contributed by atoms with E-state index < -0.39 is 23.3 Å². The lowest BCUT2D eigenvalue weighted by Crippen LogP contribution is -2.20. The van der Waals surface area contributed by atoms with Crippen LogP contribution in [0.4, 0.5) is 17.6 Å². The van der Waals surface area contributed by atoms with Crippen molar-refractivity contribution >= 4 is 10.8 Å². The van der Waals surface area contributed by atoms with Crippen molar-refractivity contribution in [2.75, 3.05) is 6.61 Å². The number of fused-ring (bicyclic) bond motifs is 1. The number of benzene rings is 3. The van der Waals surface area contributed by atoms with Crippen LogP contribution in [0.15, 0.2) is 42.5 Å². The van der Waals surface area contributed by atoms with E-state index in [1.807, 2.05) is 12.1 Å². The van der Waals surface area contributed by atoms with Gasteiger partial charge >= 0.3 is 0 Å². The number of hydrogen-bond acceptors (Lipinski definition) is 1. The molecule has 0 saturated heterocycles. The fourth-order valence-electron chi connectivity index (χ4n) is 4.61. The molecule has 3 aromatic rings. The van der Waals surface area contributed by atoms with Crippen LogP contribution in [0, 0.1) is 29.2 Å². The number of ether oxygens (including phenoxy) is 1. The Morgan fingerprint density at radius 3 is 2.26 bits per heavy atom. The highest BCUT2D eigenvalue weighted by molar-refractivity contribution is 5.85. The first-order valence-corrected chi connectivity index (χ1v) is 10.9. The third kappa shape index (κ3) is 4.86. The minimum atomic E-state index is -0.692. The van der Waals surface area contributed by atoms with Gasteiger partial charge in [-0.25, -0.2) is 17.6 Å². The van der Waals surface area contributed by atoms with Gasteiger partial charge in [-0.2, -0.15) is 0 Å². The first kappa shape index (κ1) is 21.7. The van der Waals surface area contributed by atoms with Crippen LogP contribution in [0.3, 0.4) is 0 Å². The van der Waals surface area contributed by atoms with Crippen LogP contribution in [-0.4, -0.2) is 6.61 Å². The average molecular weight is 430 g/mol. The fraction of sp³-hybridized carbons (Fsp3) is 0.385. The minimum absolute atomic E-state index is 0.0907. The van der Waals surface area contributed by atoms with Crippen LogP contribution >= 0.6 is 0 Å². The van der Waals surface area contributed by atoms with Gasteiger partial charge in [-0.3, -0.25) is 0 Å². The van der Waals surface area contributed by atoms with E-state index in [4.69, 9.17) is 4.74 Å². The summed E-state index contributed by atoms with van der Waals surface area (Å²) in [6, 6.07) is 10.4. The molecule has 1 nitrogen and oxygen atoms in total. The second-order valence-corrected chi connectivity index (χ2v) is 8.54. The summed E-state index contributed by atoms with van der Waals surface area (Å²) in [5, 5.41) is 0.893. The smallest absolute Gasteiger partial charge is 0.191 e. The van der Waals surface area contributed by atoms with Gasteiger partial charge in [-0.05, 0) is 78.7 Å². The zero-order valence-corrected chi connectivity index (χ0v) is 17.6. The number of hydrogen-bond donors (Lipinski definition) is 0. The van der Waals surface area contributed by atoms with Gasteiger partial charge in [-0.15, -0.1) is 0 Å². The van der Waals surface area contributed by atoms with Crippen molar-refractivity contribution in [3.8, 4) is 5.75 Å². The van der Waals surface area contributed by atoms with E-state index in [1.165, 1.54) is 18.2 Å². The van der Waals surface area contributed by atoms with Crippen molar-refractivity contribution in [1.82, 2.24) is 0 Å². The summed E-state index contributed by atoms with van der Waals surface area (Å²) in [4.78, 5) is 0. The van der Waals surface area contributed by atoms with E-state index in [0.29, 0.717) is 16.3 Å². The van der Waals surface area contributed by atoms with Crippen LogP contribution in [-0.2, 0) is 6.42 Å². The first-order chi connectivity index (χ1) is 14.9. The highest BCUT2D eigenvalue weighted by Crippen LogP contribution is 2.37. The van der Waals surface area contributed by atoms with Crippen molar-refractivity contribution in [3.05, 3.63) is 76.9 Å². The lowest BCUT2D eigenvalue weighted by molar-refractivity contribution is 0.188. The van der Waals surface area contributed by atoms with Gasteiger partial charge in [0.2, 0.25) is 0 Å². The quantitative estimate of drug-likeness (QED) is 0.364. The van der Waals surface area contributed by atoms with Gasteiger partial charge in [0, 0.05) is 11.5 Å². The van der Waals surface area contributed by atoms with Crippen molar-refractivity contribution in [3.63, 3.8) is 0 Å². The lowest BCUT2D eigenvalue weighted by atomic mass is 9.79. The first-order valence-electron chi connectivity index (χ1n) is 10.9. The topological polar surface area (TPSA) is 9.23 Å². The van der Waals surface area contributed by atoms with Crippen molar-refractivity contribution in [1.29, 1.82) is 0 Å². The predicted molar refractivity (Wildman–Crippen MR) is 114 cm³/mol. The van der Waals surface area contributed by atoms with Gasteiger partial charge in [0.25, 0.3) is 0 Å². The maximum Gasteiger partial charge on any atom is 0.191 e. The summed E-state index contributed by atoms with van der Waals surface area (Å²) >= 11 is 0. The van der Waals surface area contributed by atoms with E-state index in [1.54, 1.807) is 6.07 Å². The van der Waals surface area contributed by atoms with Gasteiger partial charge in [0.15, 0.2) is 17.4 Å². The van der Waals surface area contributed by atoms with Crippen LogP contribution < -0.4 is 4.74 Å². The van der Waals surface area contributed by atoms with Crippen LogP contribution in [0.5, 0.6) is 5.75 Å². The van der Waals surface area contributed by atoms with Crippen molar-refractivity contribution in [2.24, 2.45) is 5.92 Å². The Balaban J connectivity index is 1.41. The zero-order chi connectivity index (χ0) is 22.0. The van der Waals surface area contributed by atoms with Crippen molar-refractivity contribution < 1.29 is 22.3 Å². The third-order valence-electron chi connectivity index (χ3n) is 6.26. The van der Waals surface area contributed by atoms with E-state index in [2.05, 4.69) is 6.92 Å². The Morgan fingerprint density at radius 1 is 0.871 bits per heavy atom. The molecule has 0 aromatic heterocycles. The molecular formula is C26H26F4O. The zero-order valence-electron chi connectivity index (χ0n) is 17.6. The van der Waals surface area contributed by atoms with E-state index in [9.17, 15) is 17.6 Å². The van der Waals surface area contributed by atoms with Gasteiger partial charge < -0.3 is 4.74 Å². The van der Waals surface area contributed by atoms with E-state index >= 15 is 0 Å². The summed E-state index contributed by atoms with van der Waals surface area (Å²) in [6.45, 7) is 2.28. The molecule has 5 heteroatoms. The Labute approximate surface area is 180 Å². The largest absolute Gasteiger partial charge is 0.487 e. The molecule has 1 saturated carbocycles. The average Bonchev–Trinajstić information content (AvgIpc) is 2.73. The highest BCUT2D eigenvalue weighted by Gasteiger charge is 2.25. The molecule has 31 heavy (non-hydrogen) atoms. The summed E-state index contributed by atoms with van der Waals surface area (Å²) < 4.78 is 62.1. The molecule has 0 atom stereocenters. The standard InChI is InChI=1S/C26H26F4O/c1-2-3-16-6-9-23-20(10-16)13-24(29)26(25(23)30)31-15-17-4-7-18(8-5-17)19-11-21(27)14-22(28)12-19/h6,9-14,17-18H,2-5,7-8,15H2,1H3. The van der Waals surface area contributed by atoms with E-state index in [0.717, 1.165) is 50.2 Å². The minimum Gasteiger partial charge on any atom is -0.487 e. The summed E-state index contributed by atoms with van der Waals surface area (Å²) in [6.07, 6.45) is 4.91. The maximum atomic E-state index is 14.9. The number of aryl methyl sites for hydroxylation is 1. The molecule has 0 aliphatic heterocycles. The second kappa shape index (κ2) is 9.29. The lowest BCUT2D eigenvalue weighted by Gasteiger charge is -2.29. The monoisotopic (exact) mass is 430 g/mol. The molecule has 0 bridgehead atoms. The molecule has 3 aromatic carbocycles. The maximum absolute atomic E-state index is 14.9. The number of halogens is 4. The molecule has 0 radical (unpaired) electrons. The third-order valence-corrected chi connectivity index (χ3v) is 6.26. The van der Waals surface area contributed by atoms with Crippen LogP contribution in [0.1, 0.15) is 56.1 Å². The SMILES string of the molecule is CCCc1ccc2c(F)c(OCC3CCC(c4cc(F)cc(F)c4)CC3)c(F)cc2c1. The van der Waals surface area contributed by atoms with Gasteiger partial charge in [0.1, 0.15) is 11.6 Å². The molecule has 0 amide bonds. The van der Waals surface area contributed by atoms with Crippen LogP contribution in [0.25, 0.3) is 10.8 Å². The second-order valence-electron chi connectivity index (χ2n) is 8.54. The molecule has 4 rings (SSSR count). The molecule has 0 N–H and O–H groups in total. The molecule has 1 aliphatic carbocycles.